The summed E-state index contributed by atoms with van der Waals surface area (Å²) in [6, 6.07) is 5.18. The summed E-state index contributed by atoms with van der Waals surface area (Å²) < 4.78 is 6.93. The Balaban J connectivity index is 0.00000154. The minimum atomic E-state index is -0.737. The van der Waals surface area contributed by atoms with Crippen molar-refractivity contribution in [3.63, 3.8) is 0 Å². The number of piperidine rings is 1. The number of hydrogen-bond acceptors (Lipinski definition) is 10. The molecule has 0 bridgehead atoms. The van der Waals surface area contributed by atoms with Crippen molar-refractivity contribution >= 4 is 45.3 Å². The number of amides is 1. The first-order chi connectivity index (χ1) is 22.2. The summed E-state index contributed by atoms with van der Waals surface area (Å²) in [7, 11) is 0. The fourth-order valence-corrected chi connectivity index (χ4v) is 8.21. The molecule has 2 aromatic heterocycles. The topological polar surface area (TPSA) is 155 Å². The van der Waals surface area contributed by atoms with Crippen molar-refractivity contribution in [2.75, 3.05) is 52.4 Å². The third-order valence-corrected chi connectivity index (χ3v) is 11.0. The predicted molar refractivity (Wildman–Crippen MR) is 182 cm³/mol. The van der Waals surface area contributed by atoms with Crippen LogP contribution in [0.4, 0.5) is 0 Å². The zero-order valence-electron chi connectivity index (χ0n) is 26.8. The zero-order valence-corrected chi connectivity index (χ0v) is 28.5. The molecular formula is C33H48N4O7S2. The lowest BCUT2D eigenvalue weighted by Crippen LogP contribution is -2.58. The van der Waals surface area contributed by atoms with Gasteiger partial charge in [0.2, 0.25) is 0 Å². The highest BCUT2D eigenvalue weighted by Gasteiger charge is 2.41. The number of unbranched alkanes of at least 4 members (excludes halogenated alkanes) is 4. The van der Waals surface area contributed by atoms with Gasteiger partial charge in [-0.1, -0.05) is 50.5 Å². The number of nitrogens with one attached hydrogen (secondary N) is 2. The molecule has 2 fully saturated rings. The highest BCUT2D eigenvalue weighted by atomic mass is 32.1. The van der Waals surface area contributed by atoms with Crippen LogP contribution in [0, 0.1) is 0 Å². The van der Waals surface area contributed by atoms with Gasteiger partial charge in [-0.3, -0.25) is 14.4 Å². The van der Waals surface area contributed by atoms with Crippen molar-refractivity contribution in [1.82, 2.24) is 20.1 Å². The van der Waals surface area contributed by atoms with Crippen LogP contribution >= 0.6 is 22.7 Å². The third-order valence-electron chi connectivity index (χ3n) is 8.87. The molecule has 5 rings (SSSR count). The smallest absolute Gasteiger partial charge is 0.305 e. The second kappa shape index (κ2) is 17.4. The Labute approximate surface area is 278 Å². The number of carbonyl (C=O) groups is 2. The standard InChI is InChI=1S/C32H46N4O5S2.CH2O2/c1-22(2)28-24(10-19-42-28)30(39)36-17-18-41-32(21-36)11-15-35(16-12-32)14-7-5-3-4-6-13-33-20-26(38)23-8-9-25(37)27-29(23)43-31(40)34-27;2-1-3/h8-10,19,22,26,33,37-38H,3-7,11-18,20-21H2,1-2H3,(H,34,40);1H,(H,2,3)/t26-;/m0./s1. The SMILES string of the molecule is CC(C)c1sccc1C(=O)N1CCOC2(CCN(CCCCCCCNC[C@H](O)c3ccc(O)c4[nH]c(=O)sc34)CC2)C1.O=CO. The van der Waals surface area contributed by atoms with E-state index >= 15 is 0 Å². The van der Waals surface area contributed by atoms with Crippen LogP contribution < -0.4 is 10.2 Å². The number of hydrogen-bond donors (Lipinski definition) is 5. The van der Waals surface area contributed by atoms with Gasteiger partial charge in [-0.25, -0.2) is 0 Å². The molecule has 1 spiro atoms. The molecule has 0 aliphatic carbocycles. The number of aromatic hydroxyl groups is 1. The van der Waals surface area contributed by atoms with Gasteiger partial charge < -0.3 is 40.2 Å². The van der Waals surface area contributed by atoms with Crippen molar-refractivity contribution < 1.29 is 29.6 Å². The summed E-state index contributed by atoms with van der Waals surface area (Å²) in [4.78, 5) is 41.6. The maximum atomic E-state index is 13.3. The van der Waals surface area contributed by atoms with E-state index in [-0.39, 0.29) is 28.6 Å². The number of morpholine rings is 1. The van der Waals surface area contributed by atoms with E-state index in [2.05, 4.69) is 29.0 Å². The van der Waals surface area contributed by atoms with Gasteiger partial charge in [-0.05, 0) is 62.2 Å². The van der Waals surface area contributed by atoms with Crippen molar-refractivity contribution in [2.24, 2.45) is 0 Å². The van der Waals surface area contributed by atoms with Crippen LogP contribution in [0.5, 0.6) is 5.75 Å². The average Bonchev–Trinajstić information content (AvgIpc) is 3.69. The molecule has 2 saturated heterocycles. The maximum absolute atomic E-state index is 13.3. The number of thiazole rings is 1. The van der Waals surface area contributed by atoms with Crippen molar-refractivity contribution in [3.8, 4) is 5.75 Å². The molecule has 2 aliphatic rings. The molecule has 2 aliphatic heterocycles. The molecule has 254 valence electrons. The average molecular weight is 677 g/mol. The number of aliphatic hydroxyl groups excluding tert-OH is 1. The molecule has 1 atom stereocenters. The summed E-state index contributed by atoms with van der Waals surface area (Å²) in [5.74, 6) is 0.545. The summed E-state index contributed by atoms with van der Waals surface area (Å²) in [5.41, 5.74) is 1.72. The Kier molecular flexibility index (Phi) is 13.6. The van der Waals surface area contributed by atoms with E-state index in [0.29, 0.717) is 47.9 Å². The summed E-state index contributed by atoms with van der Waals surface area (Å²) in [6.45, 7) is 10.5. The number of H-pyrrole nitrogens is 1. The molecule has 1 amide bonds. The van der Waals surface area contributed by atoms with Crippen LogP contribution in [0.1, 0.15) is 91.6 Å². The van der Waals surface area contributed by atoms with E-state index in [4.69, 9.17) is 14.6 Å². The number of phenolic OH excluding ortho intramolecular Hbond substituents is 1. The lowest BCUT2D eigenvalue weighted by molar-refractivity contribution is -0.127. The van der Waals surface area contributed by atoms with Crippen LogP contribution in [0.3, 0.4) is 0 Å². The van der Waals surface area contributed by atoms with Crippen LogP contribution in [0.2, 0.25) is 0 Å². The summed E-state index contributed by atoms with van der Waals surface area (Å²) in [5, 5.41) is 32.8. The molecule has 4 heterocycles. The van der Waals surface area contributed by atoms with Crippen molar-refractivity contribution in [3.05, 3.63) is 49.3 Å². The Hall–Kier alpha value is -2.81. The number of carbonyl (C=O) groups excluding carboxylic acids is 1. The van der Waals surface area contributed by atoms with Gasteiger partial charge in [0.1, 0.15) is 11.3 Å². The number of likely N-dealkylation sites (tertiary alicyclic amines) is 1. The fraction of sp³-hybridized carbons (Fsp3) is 0.606. The number of fused-ring (bicyclic) bond motifs is 1. The number of phenols is 1. The first-order valence-corrected chi connectivity index (χ1v) is 17.9. The molecule has 3 aromatic rings. The Bertz CT molecular complexity index is 1460. The number of rotatable bonds is 13. The number of benzene rings is 1. The van der Waals surface area contributed by atoms with E-state index < -0.39 is 6.10 Å². The number of aliphatic hydroxyl groups is 1. The fourth-order valence-electron chi connectivity index (χ4n) is 6.39. The first kappa shape index (κ1) is 36.0. The molecule has 11 nitrogen and oxygen atoms in total. The largest absolute Gasteiger partial charge is 0.506 e. The normalized spacial score (nSPS) is 17.3. The molecule has 13 heteroatoms. The minimum Gasteiger partial charge on any atom is -0.506 e. The highest BCUT2D eigenvalue weighted by Crippen LogP contribution is 2.33. The zero-order chi connectivity index (χ0) is 33.1. The van der Waals surface area contributed by atoms with Gasteiger partial charge in [0, 0.05) is 36.6 Å². The Morgan fingerprint density at radius 1 is 1.13 bits per heavy atom. The summed E-state index contributed by atoms with van der Waals surface area (Å²) in [6.07, 6.45) is 7.02. The second-order valence-electron chi connectivity index (χ2n) is 12.4. The summed E-state index contributed by atoms with van der Waals surface area (Å²) >= 11 is 2.69. The van der Waals surface area contributed by atoms with E-state index in [1.54, 1.807) is 17.4 Å². The van der Waals surface area contributed by atoms with Gasteiger partial charge in [0.15, 0.2) is 0 Å². The predicted octanol–water partition coefficient (Wildman–Crippen LogP) is 4.76. The number of aromatic nitrogens is 1. The maximum Gasteiger partial charge on any atom is 0.305 e. The Morgan fingerprint density at radius 3 is 2.59 bits per heavy atom. The first-order valence-electron chi connectivity index (χ1n) is 16.2. The van der Waals surface area contributed by atoms with Crippen LogP contribution in [-0.4, -0.2) is 101 Å². The number of carboxylic acid groups (broad SMARTS) is 1. The van der Waals surface area contributed by atoms with E-state index in [1.807, 2.05) is 16.3 Å². The molecule has 0 radical (unpaired) electrons. The van der Waals surface area contributed by atoms with Gasteiger partial charge in [-0.2, -0.15) is 0 Å². The van der Waals surface area contributed by atoms with Gasteiger partial charge in [0.25, 0.3) is 12.4 Å². The molecular weight excluding hydrogens is 629 g/mol. The second-order valence-corrected chi connectivity index (χ2v) is 14.4. The number of ether oxygens (including phenoxy) is 1. The molecule has 0 saturated carbocycles. The molecule has 0 unspecified atom stereocenters. The van der Waals surface area contributed by atoms with E-state index in [9.17, 15) is 19.8 Å². The van der Waals surface area contributed by atoms with Gasteiger partial charge >= 0.3 is 4.87 Å². The van der Waals surface area contributed by atoms with Crippen LogP contribution in [-0.2, 0) is 9.53 Å². The highest BCUT2D eigenvalue weighted by molar-refractivity contribution is 7.16. The molecule has 1 aromatic carbocycles. The minimum absolute atomic E-state index is 0.0225. The molecule has 46 heavy (non-hydrogen) atoms. The van der Waals surface area contributed by atoms with E-state index in [0.717, 1.165) is 68.8 Å². The van der Waals surface area contributed by atoms with Crippen LogP contribution in [0.25, 0.3) is 10.2 Å². The molecule has 5 N–H and O–H groups in total. The third kappa shape index (κ3) is 9.39. The number of aromatic amines is 1. The monoisotopic (exact) mass is 676 g/mol. The lowest BCUT2D eigenvalue weighted by atomic mass is 9.89. The Morgan fingerprint density at radius 2 is 1.85 bits per heavy atom. The van der Waals surface area contributed by atoms with Crippen LogP contribution in [0.15, 0.2) is 28.4 Å². The number of thiophene rings is 1. The van der Waals surface area contributed by atoms with Gasteiger partial charge in [-0.15, -0.1) is 11.3 Å². The lowest BCUT2D eigenvalue weighted by Gasteiger charge is -2.47. The van der Waals surface area contributed by atoms with Crippen molar-refractivity contribution in [1.29, 1.82) is 0 Å². The number of nitrogens with zero attached hydrogens (tertiary/aromatic N) is 2. The van der Waals surface area contributed by atoms with Crippen molar-refractivity contribution in [2.45, 2.75) is 76.4 Å². The van der Waals surface area contributed by atoms with Gasteiger partial charge in [0.05, 0.1) is 35.1 Å². The van der Waals surface area contributed by atoms with E-state index in [1.165, 1.54) is 30.2 Å². The quantitative estimate of drug-likeness (QED) is 0.127.